The van der Waals surface area contributed by atoms with Crippen molar-refractivity contribution >= 4 is 19.8 Å². The van der Waals surface area contributed by atoms with Crippen LogP contribution in [0.3, 0.4) is 0 Å². The van der Waals surface area contributed by atoms with E-state index < -0.39 is 26.5 Å². The van der Waals surface area contributed by atoms with E-state index >= 15 is 0 Å². The third-order valence-electron chi connectivity index (χ3n) is 8.69. The number of unbranched alkanes of at least 4 members (excludes halogenated alkanes) is 10. The van der Waals surface area contributed by atoms with Crippen LogP contribution in [0, 0.1) is 0 Å². The number of carbonyl (C=O) groups excluding carboxylic acids is 2. The summed E-state index contributed by atoms with van der Waals surface area (Å²) in [5.41, 5.74) is 0. The van der Waals surface area contributed by atoms with Crippen molar-refractivity contribution in [2.24, 2.45) is 0 Å². The average molecular weight is 819 g/mol. The van der Waals surface area contributed by atoms with Crippen molar-refractivity contribution in [3.05, 3.63) is 85.1 Å². The second-order valence-electron chi connectivity index (χ2n) is 15.4. The summed E-state index contributed by atoms with van der Waals surface area (Å²) in [5.74, 6) is -0.877. The molecule has 1 N–H and O–H groups in total. The summed E-state index contributed by atoms with van der Waals surface area (Å²) >= 11 is 0. The van der Waals surface area contributed by atoms with Crippen molar-refractivity contribution in [1.82, 2.24) is 0 Å². The van der Waals surface area contributed by atoms with Crippen LogP contribution in [0.2, 0.25) is 0 Å². The van der Waals surface area contributed by atoms with E-state index in [4.69, 9.17) is 18.5 Å². The number of phosphoric ester groups is 1. The van der Waals surface area contributed by atoms with Gasteiger partial charge in [-0.15, -0.1) is 0 Å². The third-order valence-corrected chi connectivity index (χ3v) is 9.67. The molecule has 57 heavy (non-hydrogen) atoms. The molecule has 326 valence electrons. The van der Waals surface area contributed by atoms with Gasteiger partial charge in [0.1, 0.15) is 19.8 Å². The molecule has 0 aromatic heterocycles. The standard InChI is InChI=1S/C47H80NO8P/c1-6-8-10-12-14-16-18-19-20-21-22-23-24-25-26-27-28-29-30-32-34-36-38-40-47(50)56-45(44-55-57(51,52)54-42-41-48(3,4)5)43-53-46(49)39-37-35-33-31-17-15-13-11-9-7-2/h8,10,14,16,19-20,22-23,25-26,28-29,32,34,45H,6-7,9,11-13,15,17-18,21,24,27,30-31,33,35-44H2,1-5H3/p+1/b10-8-,16-14-,20-19-,23-22-,26-25-,29-28-,34-32-. The fraction of sp³-hybridized carbons (Fsp3) is 0.660. The number of allylic oxidation sites excluding steroid dienone is 14. The predicted octanol–water partition coefficient (Wildman–Crippen LogP) is 12.4. The minimum atomic E-state index is -4.39. The first-order valence-electron chi connectivity index (χ1n) is 21.8. The van der Waals surface area contributed by atoms with E-state index in [-0.39, 0.29) is 32.0 Å². The number of quaternary nitrogens is 1. The fourth-order valence-corrected chi connectivity index (χ4v) is 6.04. The highest BCUT2D eigenvalue weighted by Crippen LogP contribution is 2.43. The van der Waals surface area contributed by atoms with E-state index in [0.717, 1.165) is 64.2 Å². The number of phosphoric acid groups is 1. The molecule has 0 heterocycles. The number of rotatable bonds is 38. The molecule has 0 aromatic rings. The smallest absolute Gasteiger partial charge is 0.462 e. The Hall–Kier alpha value is -2.81. The number of ether oxygens (including phenoxy) is 2. The monoisotopic (exact) mass is 819 g/mol. The van der Waals surface area contributed by atoms with Crippen LogP contribution in [0.4, 0.5) is 0 Å². The Balaban J connectivity index is 4.45. The van der Waals surface area contributed by atoms with Crippen molar-refractivity contribution in [2.45, 2.75) is 155 Å². The highest BCUT2D eigenvalue weighted by molar-refractivity contribution is 7.47. The van der Waals surface area contributed by atoms with Gasteiger partial charge in [0.25, 0.3) is 0 Å². The van der Waals surface area contributed by atoms with E-state index in [0.29, 0.717) is 23.9 Å². The van der Waals surface area contributed by atoms with Crippen molar-refractivity contribution in [1.29, 1.82) is 0 Å². The number of hydrogen-bond acceptors (Lipinski definition) is 7. The number of likely N-dealkylation sites (N-methyl/N-ethyl adjacent to an activating group) is 1. The molecule has 9 nitrogen and oxygen atoms in total. The van der Waals surface area contributed by atoms with E-state index in [1.165, 1.54) is 44.9 Å². The Morgan fingerprint density at radius 1 is 0.561 bits per heavy atom. The molecular weight excluding hydrogens is 737 g/mol. The summed E-state index contributed by atoms with van der Waals surface area (Å²) in [7, 11) is 1.43. The Morgan fingerprint density at radius 3 is 1.47 bits per heavy atom. The summed E-state index contributed by atoms with van der Waals surface area (Å²) in [5, 5.41) is 0. The number of esters is 2. The highest BCUT2D eigenvalue weighted by Gasteiger charge is 2.27. The Bertz CT molecular complexity index is 1240. The summed E-state index contributed by atoms with van der Waals surface area (Å²) in [6, 6.07) is 0. The maximum absolute atomic E-state index is 12.7. The van der Waals surface area contributed by atoms with Gasteiger partial charge in [0, 0.05) is 12.8 Å². The van der Waals surface area contributed by atoms with Gasteiger partial charge in [-0.05, 0) is 64.2 Å². The predicted molar refractivity (Wildman–Crippen MR) is 238 cm³/mol. The van der Waals surface area contributed by atoms with Gasteiger partial charge in [0.05, 0.1) is 27.7 Å². The Labute approximate surface area is 348 Å². The molecule has 2 unspecified atom stereocenters. The second kappa shape index (κ2) is 38.7. The summed E-state index contributed by atoms with van der Waals surface area (Å²) in [6.45, 7) is 4.20. The van der Waals surface area contributed by atoms with Crippen molar-refractivity contribution < 1.29 is 42.1 Å². The summed E-state index contributed by atoms with van der Waals surface area (Å²) < 4.78 is 34.2. The van der Waals surface area contributed by atoms with Crippen LogP contribution in [-0.2, 0) is 32.7 Å². The first-order valence-corrected chi connectivity index (χ1v) is 23.3. The number of hydrogen-bond donors (Lipinski definition) is 1. The van der Waals surface area contributed by atoms with Crippen LogP contribution in [0.1, 0.15) is 149 Å². The van der Waals surface area contributed by atoms with Gasteiger partial charge in [-0.25, -0.2) is 4.57 Å². The first-order chi connectivity index (χ1) is 27.5. The lowest BCUT2D eigenvalue weighted by atomic mass is 10.1. The van der Waals surface area contributed by atoms with Gasteiger partial charge >= 0.3 is 19.8 Å². The molecular formula is C47H81NO8P+. The molecule has 0 radical (unpaired) electrons. The molecule has 0 saturated heterocycles. The number of nitrogens with zero attached hydrogens (tertiary/aromatic N) is 1. The molecule has 0 fully saturated rings. The molecule has 0 bridgehead atoms. The van der Waals surface area contributed by atoms with Gasteiger partial charge in [-0.2, -0.15) is 0 Å². The van der Waals surface area contributed by atoms with Crippen LogP contribution in [-0.4, -0.2) is 74.9 Å². The quantitative estimate of drug-likeness (QED) is 0.0216. The van der Waals surface area contributed by atoms with E-state index in [1.807, 2.05) is 27.2 Å². The lowest BCUT2D eigenvalue weighted by Crippen LogP contribution is -2.37. The lowest BCUT2D eigenvalue weighted by molar-refractivity contribution is -0.870. The normalized spacial score (nSPS) is 14.4. The zero-order chi connectivity index (χ0) is 42.1. The third kappa shape index (κ3) is 42.6. The van der Waals surface area contributed by atoms with Crippen LogP contribution in [0.25, 0.3) is 0 Å². The maximum Gasteiger partial charge on any atom is 0.472 e. The van der Waals surface area contributed by atoms with Crippen LogP contribution in [0.5, 0.6) is 0 Å². The molecule has 0 aliphatic heterocycles. The highest BCUT2D eigenvalue weighted by atomic mass is 31.2. The molecule has 0 aliphatic rings. The molecule has 0 aromatic carbocycles. The van der Waals surface area contributed by atoms with E-state index in [2.05, 4.69) is 92.8 Å². The lowest BCUT2D eigenvalue weighted by Gasteiger charge is -2.24. The average Bonchev–Trinajstić information content (AvgIpc) is 3.16. The second-order valence-corrected chi connectivity index (χ2v) is 16.8. The molecule has 0 amide bonds. The largest absolute Gasteiger partial charge is 0.472 e. The van der Waals surface area contributed by atoms with Crippen molar-refractivity contribution in [2.75, 3.05) is 47.5 Å². The molecule has 2 atom stereocenters. The molecule has 0 aliphatic carbocycles. The van der Waals surface area contributed by atoms with E-state index in [9.17, 15) is 19.0 Å². The zero-order valence-corrected chi connectivity index (χ0v) is 37.4. The number of carbonyl (C=O) groups is 2. The minimum absolute atomic E-state index is 0.0170. The van der Waals surface area contributed by atoms with Gasteiger partial charge in [-0.3, -0.25) is 18.6 Å². The van der Waals surface area contributed by atoms with Crippen LogP contribution in [0.15, 0.2) is 85.1 Å². The Morgan fingerprint density at radius 2 is 1.00 bits per heavy atom. The Kier molecular flexibility index (Phi) is 36.8. The first kappa shape index (κ1) is 54.2. The SMILES string of the molecule is CC/C=C\C/C=C\C/C=C\C/C=C\C/C=C\C/C=C\C/C=C\CCCC(=O)OC(COC(=O)CCCCCCCCCCCC)COP(=O)(O)OCC[N+](C)(C)C. The molecule has 0 rings (SSSR count). The van der Waals surface area contributed by atoms with Crippen LogP contribution < -0.4 is 0 Å². The summed E-state index contributed by atoms with van der Waals surface area (Å²) in [4.78, 5) is 35.3. The van der Waals surface area contributed by atoms with Crippen molar-refractivity contribution in [3.8, 4) is 0 Å². The summed E-state index contributed by atoms with van der Waals surface area (Å²) in [6.07, 6.45) is 49.3. The van der Waals surface area contributed by atoms with Gasteiger partial charge in [-0.1, -0.05) is 157 Å². The fourth-order valence-electron chi connectivity index (χ4n) is 5.30. The minimum Gasteiger partial charge on any atom is -0.462 e. The zero-order valence-electron chi connectivity index (χ0n) is 36.5. The van der Waals surface area contributed by atoms with Gasteiger partial charge in [0.2, 0.25) is 0 Å². The van der Waals surface area contributed by atoms with E-state index in [1.54, 1.807) is 0 Å². The molecule has 0 spiro atoms. The van der Waals surface area contributed by atoms with Gasteiger partial charge in [0.15, 0.2) is 6.10 Å². The maximum atomic E-state index is 12.7. The van der Waals surface area contributed by atoms with Crippen LogP contribution >= 0.6 is 7.82 Å². The van der Waals surface area contributed by atoms with Crippen molar-refractivity contribution in [3.63, 3.8) is 0 Å². The topological polar surface area (TPSA) is 108 Å². The molecule has 10 heteroatoms. The molecule has 0 saturated carbocycles. The van der Waals surface area contributed by atoms with Gasteiger partial charge < -0.3 is 18.9 Å².